The summed E-state index contributed by atoms with van der Waals surface area (Å²) in [5.74, 6) is -0.426. The Hall–Kier alpha value is -2.66. The topological polar surface area (TPSA) is 52.6 Å². The van der Waals surface area contributed by atoms with Crippen LogP contribution in [-0.4, -0.2) is 11.9 Å². The molecule has 3 aromatic rings. The molecule has 126 valence electrons. The van der Waals surface area contributed by atoms with E-state index in [1.807, 2.05) is 30.3 Å². The second-order valence-corrected chi connectivity index (χ2v) is 5.94. The van der Waals surface area contributed by atoms with Crippen LogP contribution >= 0.6 is 15.9 Å². The maximum Gasteiger partial charge on any atom is 0.347 e. The van der Waals surface area contributed by atoms with Gasteiger partial charge in [0.2, 0.25) is 0 Å². The van der Waals surface area contributed by atoms with Crippen molar-refractivity contribution in [2.24, 2.45) is 0 Å². The van der Waals surface area contributed by atoms with E-state index >= 15 is 0 Å². The lowest BCUT2D eigenvalue weighted by molar-refractivity contribution is -0.131. The van der Waals surface area contributed by atoms with Gasteiger partial charge in [0.1, 0.15) is 17.1 Å². The lowest BCUT2D eigenvalue weighted by Crippen LogP contribution is -2.12. The second-order valence-electron chi connectivity index (χ2n) is 5.38. The molecule has 0 amide bonds. The highest BCUT2D eigenvalue weighted by molar-refractivity contribution is 9.08. The van der Waals surface area contributed by atoms with Gasteiger partial charge in [0.25, 0.3) is 0 Å². The van der Waals surface area contributed by atoms with Crippen molar-refractivity contribution in [1.29, 1.82) is 0 Å². The molecule has 25 heavy (non-hydrogen) atoms. The zero-order valence-corrected chi connectivity index (χ0v) is 15.1. The Morgan fingerprint density at radius 1 is 0.840 bits per heavy atom. The van der Waals surface area contributed by atoms with Crippen molar-refractivity contribution in [3.05, 3.63) is 71.8 Å². The normalized spacial score (nSPS) is 10.5. The van der Waals surface area contributed by atoms with E-state index in [0.717, 1.165) is 16.3 Å². The Labute approximate surface area is 153 Å². The minimum absolute atomic E-state index is 0.182. The van der Waals surface area contributed by atoms with Gasteiger partial charge in [-0.3, -0.25) is 4.79 Å². The summed E-state index contributed by atoms with van der Waals surface area (Å²) in [5, 5.41) is 2.56. The maximum absolute atomic E-state index is 12.6. The summed E-state index contributed by atoms with van der Waals surface area (Å²) in [7, 11) is 0. The Balaban J connectivity index is 1.97. The number of rotatable bonds is 4. The lowest BCUT2D eigenvalue weighted by Gasteiger charge is -2.12. The molecular formula is C20H15BrO4. The van der Waals surface area contributed by atoms with Gasteiger partial charge in [-0.25, -0.2) is 4.79 Å². The molecule has 0 saturated heterocycles. The zero-order valence-electron chi connectivity index (χ0n) is 13.5. The largest absolute Gasteiger partial charge is 0.426 e. The monoisotopic (exact) mass is 398 g/mol. The van der Waals surface area contributed by atoms with Crippen LogP contribution in [0, 0.1) is 0 Å². The van der Waals surface area contributed by atoms with Gasteiger partial charge in [0.05, 0.1) is 0 Å². The number of hydrogen-bond acceptors (Lipinski definition) is 4. The summed E-state index contributed by atoms with van der Waals surface area (Å²) in [5.41, 5.74) is 1.31. The summed E-state index contributed by atoms with van der Waals surface area (Å²) >= 11 is 3.47. The number of hydrogen-bond donors (Lipinski definition) is 0. The van der Waals surface area contributed by atoms with E-state index in [1.165, 1.54) is 6.92 Å². The van der Waals surface area contributed by atoms with Gasteiger partial charge in [-0.05, 0) is 29.1 Å². The van der Waals surface area contributed by atoms with E-state index in [4.69, 9.17) is 9.47 Å². The quantitative estimate of drug-likeness (QED) is 0.357. The van der Waals surface area contributed by atoms with Crippen LogP contribution in [0.1, 0.15) is 22.8 Å². The van der Waals surface area contributed by atoms with Gasteiger partial charge in [0, 0.05) is 17.6 Å². The van der Waals surface area contributed by atoms with E-state index < -0.39 is 11.9 Å². The van der Waals surface area contributed by atoms with Crippen molar-refractivity contribution in [1.82, 2.24) is 0 Å². The number of alkyl halides is 1. The molecule has 0 aromatic heterocycles. The average molecular weight is 399 g/mol. The third-order valence-corrected chi connectivity index (χ3v) is 4.29. The third-order valence-electron chi connectivity index (χ3n) is 3.68. The molecule has 0 bridgehead atoms. The molecule has 0 aliphatic carbocycles. The predicted molar refractivity (Wildman–Crippen MR) is 99.3 cm³/mol. The molecule has 0 unspecified atom stereocenters. The fraction of sp³-hybridized carbons (Fsp3) is 0.100. The van der Waals surface area contributed by atoms with Gasteiger partial charge in [-0.1, -0.05) is 58.4 Å². The first-order valence-electron chi connectivity index (χ1n) is 7.66. The van der Waals surface area contributed by atoms with E-state index in [-0.39, 0.29) is 11.3 Å². The molecule has 5 heteroatoms. The SMILES string of the molecule is CC(=O)Oc1ccccc1C(=O)Oc1ccc(CBr)c2ccccc12. The zero-order chi connectivity index (χ0) is 17.8. The van der Waals surface area contributed by atoms with Crippen LogP contribution in [0.15, 0.2) is 60.7 Å². The van der Waals surface area contributed by atoms with Crippen molar-refractivity contribution < 1.29 is 19.1 Å². The first-order valence-corrected chi connectivity index (χ1v) is 8.78. The third kappa shape index (κ3) is 3.72. The number of carbonyl (C=O) groups is 2. The number of benzene rings is 3. The molecule has 0 saturated carbocycles. The Kier molecular flexibility index (Phi) is 5.14. The molecule has 0 radical (unpaired) electrons. The minimum Gasteiger partial charge on any atom is -0.426 e. The summed E-state index contributed by atoms with van der Waals surface area (Å²) < 4.78 is 10.7. The summed E-state index contributed by atoms with van der Waals surface area (Å²) in [6.45, 7) is 1.29. The molecular weight excluding hydrogens is 384 g/mol. The number of para-hydroxylation sites is 1. The van der Waals surface area contributed by atoms with E-state index in [1.54, 1.807) is 30.3 Å². The molecule has 0 heterocycles. The van der Waals surface area contributed by atoms with Crippen molar-refractivity contribution >= 4 is 38.6 Å². The van der Waals surface area contributed by atoms with Crippen LogP contribution in [0.25, 0.3) is 10.8 Å². The van der Waals surface area contributed by atoms with Crippen LogP contribution in [0.4, 0.5) is 0 Å². The minimum atomic E-state index is -0.575. The number of ether oxygens (including phenoxy) is 2. The standard InChI is InChI=1S/C20H15BrO4/c1-13(22)24-18-9-5-4-8-17(18)20(23)25-19-11-10-14(12-21)15-6-2-3-7-16(15)19/h2-11H,12H2,1H3. The summed E-state index contributed by atoms with van der Waals surface area (Å²) in [6.07, 6.45) is 0. The van der Waals surface area contributed by atoms with E-state index in [2.05, 4.69) is 15.9 Å². The summed E-state index contributed by atoms with van der Waals surface area (Å²) in [6, 6.07) is 17.9. The molecule has 0 atom stereocenters. The van der Waals surface area contributed by atoms with Crippen molar-refractivity contribution in [3.8, 4) is 11.5 Å². The Morgan fingerprint density at radius 3 is 2.24 bits per heavy atom. The fourth-order valence-corrected chi connectivity index (χ4v) is 3.06. The Morgan fingerprint density at radius 2 is 1.52 bits per heavy atom. The molecule has 3 aromatic carbocycles. The highest BCUT2D eigenvalue weighted by Crippen LogP contribution is 2.31. The number of carbonyl (C=O) groups excluding carboxylic acids is 2. The first kappa shape index (κ1) is 17.2. The fourth-order valence-electron chi connectivity index (χ4n) is 2.57. The van der Waals surface area contributed by atoms with Crippen LogP contribution in [0.5, 0.6) is 11.5 Å². The first-order chi connectivity index (χ1) is 12.1. The predicted octanol–water partition coefficient (Wildman–Crippen LogP) is 4.88. The van der Waals surface area contributed by atoms with E-state index in [0.29, 0.717) is 11.1 Å². The molecule has 4 nitrogen and oxygen atoms in total. The van der Waals surface area contributed by atoms with Crippen molar-refractivity contribution in [2.75, 3.05) is 0 Å². The summed E-state index contributed by atoms with van der Waals surface area (Å²) in [4.78, 5) is 23.8. The molecule has 0 aliphatic rings. The van der Waals surface area contributed by atoms with Gasteiger partial charge >= 0.3 is 11.9 Å². The van der Waals surface area contributed by atoms with Crippen LogP contribution in [0.3, 0.4) is 0 Å². The van der Waals surface area contributed by atoms with Crippen LogP contribution in [0.2, 0.25) is 0 Å². The molecule has 0 aliphatic heterocycles. The second kappa shape index (κ2) is 7.49. The van der Waals surface area contributed by atoms with Crippen molar-refractivity contribution in [3.63, 3.8) is 0 Å². The molecule has 0 N–H and O–H groups in total. The van der Waals surface area contributed by atoms with Gasteiger partial charge in [-0.2, -0.15) is 0 Å². The highest BCUT2D eigenvalue weighted by atomic mass is 79.9. The lowest BCUT2D eigenvalue weighted by atomic mass is 10.0. The maximum atomic E-state index is 12.6. The smallest absolute Gasteiger partial charge is 0.347 e. The van der Waals surface area contributed by atoms with Crippen LogP contribution in [-0.2, 0) is 10.1 Å². The average Bonchev–Trinajstić information content (AvgIpc) is 2.62. The van der Waals surface area contributed by atoms with Gasteiger partial charge in [-0.15, -0.1) is 0 Å². The van der Waals surface area contributed by atoms with Gasteiger partial charge < -0.3 is 9.47 Å². The molecule has 0 spiro atoms. The van der Waals surface area contributed by atoms with E-state index in [9.17, 15) is 9.59 Å². The highest BCUT2D eigenvalue weighted by Gasteiger charge is 2.17. The van der Waals surface area contributed by atoms with Gasteiger partial charge in [0.15, 0.2) is 0 Å². The number of halogens is 1. The van der Waals surface area contributed by atoms with Crippen molar-refractivity contribution in [2.45, 2.75) is 12.3 Å². The number of fused-ring (bicyclic) bond motifs is 1. The Bertz CT molecular complexity index is 949. The molecule has 3 rings (SSSR count). The molecule has 0 fully saturated rings. The van der Waals surface area contributed by atoms with Crippen LogP contribution < -0.4 is 9.47 Å². The number of esters is 2.